The average Bonchev–Trinajstić information content (AvgIpc) is 3.98. The zero-order valence-corrected chi connectivity index (χ0v) is 25.5. The highest BCUT2D eigenvalue weighted by atomic mass is 14.8. The van der Waals surface area contributed by atoms with Gasteiger partial charge in [-0.3, -0.25) is 19.9 Å². The molecule has 7 aromatic rings. The Hall–Kier alpha value is -6.80. The number of hydrogen-bond donors (Lipinski definition) is 2. The van der Waals surface area contributed by atoms with Crippen molar-refractivity contribution in [3.63, 3.8) is 0 Å². The van der Waals surface area contributed by atoms with Gasteiger partial charge in [0.2, 0.25) is 0 Å². The van der Waals surface area contributed by atoms with E-state index in [0.717, 1.165) is 89.9 Å². The van der Waals surface area contributed by atoms with Crippen LogP contribution in [-0.2, 0) is 0 Å². The van der Waals surface area contributed by atoms with E-state index in [1.807, 2.05) is 103 Å². The van der Waals surface area contributed by atoms with E-state index < -0.39 is 0 Å². The number of nitrogens with one attached hydrogen (secondary N) is 2. The van der Waals surface area contributed by atoms with E-state index in [2.05, 4.69) is 34.2 Å². The molecule has 0 fully saturated rings. The van der Waals surface area contributed by atoms with Crippen molar-refractivity contribution in [2.45, 2.75) is 0 Å². The van der Waals surface area contributed by atoms with Crippen LogP contribution >= 0.6 is 0 Å². The molecule has 0 saturated heterocycles. The molecule has 0 spiro atoms. The van der Waals surface area contributed by atoms with Crippen LogP contribution < -0.4 is 0 Å². The molecule has 0 atom stereocenters. The minimum absolute atomic E-state index is 0.767. The fraction of sp³-hybridized carbons (Fsp3) is 0. The number of aromatic amines is 2. The SMILES string of the molecule is C1=Cc2nc1c(-c1ccccn1)c1nc(c(-c3ccccn3)c3ccc([nH]3)c(-c3ccccn3)c3ccc([nH]3)c2-c2ccccn2)C=C1. The van der Waals surface area contributed by atoms with Crippen molar-refractivity contribution in [3.05, 3.63) is 145 Å². The molecular weight excluding hydrogens is 592 g/mol. The molecule has 9 heterocycles. The van der Waals surface area contributed by atoms with Gasteiger partial charge in [0.1, 0.15) is 0 Å². The summed E-state index contributed by atoms with van der Waals surface area (Å²) in [7, 11) is 0. The first kappa shape index (κ1) is 27.5. The summed E-state index contributed by atoms with van der Waals surface area (Å²) in [4.78, 5) is 36.9. The Balaban J connectivity index is 1.49. The summed E-state index contributed by atoms with van der Waals surface area (Å²) in [6.45, 7) is 0. The van der Waals surface area contributed by atoms with Crippen LogP contribution in [-0.4, -0.2) is 39.9 Å². The first-order chi connectivity index (χ1) is 23.8. The number of pyridine rings is 4. The summed E-state index contributed by atoms with van der Waals surface area (Å²) in [6.07, 6.45) is 15.4. The minimum Gasteiger partial charge on any atom is -0.354 e. The van der Waals surface area contributed by atoms with Gasteiger partial charge < -0.3 is 9.97 Å². The molecule has 7 aromatic heterocycles. The summed E-state index contributed by atoms with van der Waals surface area (Å²) >= 11 is 0. The molecule has 2 aliphatic heterocycles. The van der Waals surface area contributed by atoms with Crippen molar-refractivity contribution < 1.29 is 0 Å². The molecule has 226 valence electrons. The first-order valence-electron chi connectivity index (χ1n) is 15.6. The maximum absolute atomic E-state index is 5.23. The van der Waals surface area contributed by atoms with Crippen LogP contribution in [0.5, 0.6) is 0 Å². The van der Waals surface area contributed by atoms with E-state index in [0.29, 0.717) is 0 Å². The fourth-order valence-electron chi connectivity index (χ4n) is 6.33. The third-order valence-corrected chi connectivity index (χ3v) is 8.44. The quantitative estimate of drug-likeness (QED) is 0.204. The molecule has 0 aliphatic carbocycles. The number of fused-ring (bicyclic) bond motifs is 8. The lowest BCUT2D eigenvalue weighted by Crippen LogP contribution is -1.93. The number of aromatic nitrogens is 8. The second-order valence-corrected chi connectivity index (χ2v) is 11.4. The van der Waals surface area contributed by atoms with E-state index >= 15 is 0 Å². The van der Waals surface area contributed by atoms with Gasteiger partial charge in [-0.1, -0.05) is 24.3 Å². The smallest absolute Gasteiger partial charge is 0.0753 e. The van der Waals surface area contributed by atoms with Gasteiger partial charge in [0.25, 0.3) is 0 Å². The zero-order valence-electron chi connectivity index (χ0n) is 25.5. The van der Waals surface area contributed by atoms with Gasteiger partial charge in [0.15, 0.2) is 0 Å². The van der Waals surface area contributed by atoms with Crippen molar-refractivity contribution in [3.8, 4) is 45.0 Å². The maximum Gasteiger partial charge on any atom is 0.0753 e. The lowest BCUT2D eigenvalue weighted by atomic mass is 10.1. The van der Waals surface area contributed by atoms with Gasteiger partial charge >= 0.3 is 0 Å². The summed E-state index contributed by atoms with van der Waals surface area (Å²) in [6, 6.07) is 32.0. The second-order valence-electron chi connectivity index (χ2n) is 11.4. The Labute approximate surface area is 275 Å². The molecule has 0 saturated carbocycles. The zero-order chi connectivity index (χ0) is 31.9. The highest BCUT2D eigenvalue weighted by Crippen LogP contribution is 2.37. The summed E-state index contributed by atoms with van der Waals surface area (Å²) in [5.74, 6) is 0. The van der Waals surface area contributed by atoms with Gasteiger partial charge in [-0.05, 0) is 97.1 Å². The number of rotatable bonds is 4. The lowest BCUT2D eigenvalue weighted by Gasteiger charge is -2.05. The van der Waals surface area contributed by atoms with Crippen molar-refractivity contribution in [2.75, 3.05) is 0 Å². The highest BCUT2D eigenvalue weighted by molar-refractivity contribution is 5.98. The normalized spacial score (nSPS) is 12.0. The minimum atomic E-state index is 0.767. The van der Waals surface area contributed by atoms with Crippen molar-refractivity contribution in [1.29, 1.82) is 0 Å². The molecule has 8 nitrogen and oxygen atoms in total. The Morgan fingerprint density at radius 3 is 0.979 bits per heavy atom. The second kappa shape index (κ2) is 11.5. The Morgan fingerprint density at radius 2 is 0.625 bits per heavy atom. The van der Waals surface area contributed by atoms with Gasteiger partial charge in [-0.25, -0.2) is 9.97 Å². The van der Waals surface area contributed by atoms with E-state index in [-0.39, 0.29) is 0 Å². The summed E-state index contributed by atoms with van der Waals surface area (Å²) in [5, 5.41) is 0. The Bertz CT molecular complexity index is 2400. The molecule has 8 bridgehead atoms. The van der Waals surface area contributed by atoms with Gasteiger partial charge in [0.05, 0.1) is 73.2 Å². The lowest BCUT2D eigenvalue weighted by molar-refractivity contribution is 1.23. The number of nitrogens with zero attached hydrogens (tertiary/aromatic N) is 6. The third-order valence-electron chi connectivity index (χ3n) is 8.44. The summed E-state index contributed by atoms with van der Waals surface area (Å²) in [5.41, 5.74) is 13.4. The van der Waals surface area contributed by atoms with Crippen LogP contribution in [0.2, 0.25) is 0 Å². The third kappa shape index (κ3) is 4.80. The van der Waals surface area contributed by atoms with Gasteiger partial charge in [-0.15, -0.1) is 0 Å². The predicted molar refractivity (Wildman–Crippen MR) is 192 cm³/mol. The van der Waals surface area contributed by atoms with Crippen LogP contribution in [0.15, 0.2) is 122 Å². The van der Waals surface area contributed by atoms with Gasteiger partial charge in [-0.2, -0.15) is 0 Å². The summed E-state index contributed by atoms with van der Waals surface area (Å²) < 4.78 is 0. The van der Waals surface area contributed by atoms with Crippen molar-refractivity contribution in [2.24, 2.45) is 0 Å². The highest BCUT2D eigenvalue weighted by Gasteiger charge is 2.20. The van der Waals surface area contributed by atoms with Crippen LogP contribution in [0.3, 0.4) is 0 Å². The van der Waals surface area contributed by atoms with Crippen molar-refractivity contribution in [1.82, 2.24) is 39.9 Å². The largest absolute Gasteiger partial charge is 0.354 e. The maximum atomic E-state index is 5.23. The van der Waals surface area contributed by atoms with E-state index in [4.69, 9.17) is 29.9 Å². The van der Waals surface area contributed by atoms with Crippen LogP contribution in [0.4, 0.5) is 0 Å². The molecular formula is C40H26N8. The number of hydrogen-bond acceptors (Lipinski definition) is 6. The molecule has 2 N–H and O–H groups in total. The molecule has 9 rings (SSSR count). The molecule has 0 aromatic carbocycles. The fourth-order valence-corrected chi connectivity index (χ4v) is 6.33. The molecule has 0 amide bonds. The Kier molecular flexibility index (Phi) is 6.61. The topological polar surface area (TPSA) is 109 Å². The van der Waals surface area contributed by atoms with Gasteiger partial charge in [0, 0.05) is 41.5 Å². The van der Waals surface area contributed by atoms with E-state index in [1.54, 1.807) is 18.6 Å². The number of H-pyrrole nitrogens is 2. The van der Waals surface area contributed by atoms with Crippen molar-refractivity contribution >= 4 is 46.4 Å². The average molecular weight is 619 g/mol. The molecule has 48 heavy (non-hydrogen) atoms. The van der Waals surface area contributed by atoms with E-state index in [1.165, 1.54) is 0 Å². The predicted octanol–water partition coefficient (Wildman–Crippen LogP) is 8.90. The van der Waals surface area contributed by atoms with Crippen LogP contribution in [0.1, 0.15) is 22.8 Å². The standard InChI is InChI=1S/C40H26N8/c1-5-21-41-25(9-1)37-29-13-15-31(45-29)38(26-10-2-6-22-42-26)33-17-19-35(47-33)40(28-12-4-8-24-44-28)36-20-18-34(48-36)39(27-11-3-7-23-43-27)32-16-14-30(37)46-32/h1-24,45-46H. The Morgan fingerprint density at radius 1 is 0.312 bits per heavy atom. The first-order valence-corrected chi connectivity index (χ1v) is 15.6. The monoisotopic (exact) mass is 618 g/mol. The molecule has 2 aliphatic rings. The molecule has 0 radical (unpaired) electrons. The molecule has 8 heteroatoms. The van der Waals surface area contributed by atoms with Crippen LogP contribution in [0, 0.1) is 0 Å². The van der Waals surface area contributed by atoms with Crippen LogP contribution in [0.25, 0.3) is 91.4 Å². The molecule has 0 unspecified atom stereocenters. The van der Waals surface area contributed by atoms with E-state index in [9.17, 15) is 0 Å².